The fourth-order valence-electron chi connectivity index (χ4n) is 1.54. The van der Waals surface area contributed by atoms with E-state index in [0.717, 1.165) is 0 Å². The van der Waals surface area contributed by atoms with Gasteiger partial charge in [-0.15, -0.1) is 0 Å². The molecule has 0 aliphatic carbocycles. The van der Waals surface area contributed by atoms with Gasteiger partial charge >= 0.3 is 5.97 Å². The van der Waals surface area contributed by atoms with Crippen molar-refractivity contribution < 1.29 is 18.7 Å². The van der Waals surface area contributed by atoms with E-state index >= 15 is 0 Å². The molecule has 0 saturated carbocycles. The fourth-order valence-corrected chi connectivity index (χ4v) is 1.54. The van der Waals surface area contributed by atoms with Crippen LogP contribution in [0.1, 0.15) is 17.3 Å². The molecule has 0 heterocycles. The van der Waals surface area contributed by atoms with Crippen molar-refractivity contribution in [1.82, 2.24) is 0 Å². The van der Waals surface area contributed by atoms with Crippen molar-refractivity contribution in [1.29, 1.82) is 0 Å². The van der Waals surface area contributed by atoms with Crippen LogP contribution >= 0.6 is 0 Å². The molecule has 0 aromatic heterocycles. The first kappa shape index (κ1) is 13.2. The van der Waals surface area contributed by atoms with Gasteiger partial charge in [0.15, 0.2) is 0 Å². The highest BCUT2D eigenvalue weighted by atomic mass is 19.3. The van der Waals surface area contributed by atoms with Gasteiger partial charge < -0.3 is 15.7 Å². The van der Waals surface area contributed by atoms with E-state index in [1.54, 1.807) is 6.92 Å². The highest BCUT2D eigenvalue weighted by Crippen LogP contribution is 2.25. The molecule has 4 nitrogen and oxygen atoms in total. The van der Waals surface area contributed by atoms with Gasteiger partial charge in [0.2, 0.25) is 0 Å². The second-order valence-corrected chi connectivity index (χ2v) is 3.51. The molecule has 0 bridgehead atoms. The summed E-state index contributed by atoms with van der Waals surface area (Å²) in [7, 11) is 0. The van der Waals surface area contributed by atoms with Crippen molar-refractivity contribution in [2.45, 2.75) is 13.3 Å². The summed E-state index contributed by atoms with van der Waals surface area (Å²) in [4.78, 5) is 12.1. The molecule has 0 amide bonds. The molecular weight excluding hydrogens is 230 g/mol. The van der Waals surface area contributed by atoms with Gasteiger partial charge in [-0.25, -0.2) is 13.6 Å². The lowest BCUT2D eigenvalue weighted by Gasteiger charge is -2.24. The molecular formula is C11H14F2N2O2. The van der Waals surface area contributed by atoms with Crippen LogP contribution in [0.4, 0.5) is 20.2 Å². The zero-order valence-corrected chi connectivity index (χ0v) is 9.36. The first-order valence-electron chi connectivity index (χ1n) is 5.11. The third-order valence-corrected chi connectivity index (χ3v) is 2.36. The number of halogens is 2. The summed E-state index contributed by atoms with van der Waals surface area (Å²) in [5, 5.41) is 8.75. The third kappa shape index (κ3) is 3.30. The minimum atomic E-state index is -2.46. The van der Waals surface area contributed by atoms with Crippen molar-refractivity contribution in [3.63, 3.8) is 0 Å². The van der Waals surface area contributed by atoms with Crippen molar-refractivity contribution >= 4 is 17.3 Å². The lowest BCUT2D eigenvalue weighted by atomic mass is 10.1. The number of rotatable bonds is 5. The van der Waals surface area contributed by atoms with Gasteiger partial charge in [-0.1, -0.05) is 0 Å². The number of carboxylic acids is 1. The highest BCUT2D eigenvalue weighted by Gasteiger charge is 2.14. The van der Waals surface area contributed by atoms with E-state index in [2.05, 4.69) is 0 Å². The summed E-state index contributed by atoms with van der Waals surface area (Å²) >= 11 is 0. The molecule has 0 aliphatic rings. The van der Waals surface area contributed by atoms with E-state index in [0.29, 0.717) is 12.2 Å². The molecule has 1 aromatic carbocycles. The Kier molecular flexibility index (Phi) is 4.25. The molecule has 17 heavy (non-hydrogen) atoms. The number of carbonyl (C=O) groups is 1. The van der Waals surface area contributed by atoms with Crippen LogP contribution < -0.4 is 10.6 Å². The van der Waals surface area contributed by atoms with E-state index in [1.165, 1.54) is 23.1 Å². The quantitative estimate of drug-likeness (QED) is 0.778. The molecule has 0 aliphatic heterocycles. The van der Waals surface area contributed by atoms with Gasteiger partial charge in [-0.05, 0) is 25.1 Å². The molecule has 94 valence electrons. The zero-order chi connectivity index (χ0) is 13.0. The summed E-state index contributed by atoms with van der Waals surface area (Å²) in [5.41, 5.74) is 6.32. The van der Waals surface area contributed by atoms with E-state index in [-0.39, 0.29) is 11.3 Å². The molecule has 0 atom stereocenters. The number of nitrogens with two attached hydrogens (primary N) is 1. The first-order chi connectivity index (χ1) is 7.95. The van der Waals surface area contributed by atoms with Crippen LogP contribution in [0, 0.1) is 0 Å². The van der Waals surface area contributed by atoms with Crippen LogP contribution in [0.15, 0.2) is 18.2 Å². The molecule has 0 saturated heterocycles. The van der Waals surface area contributed by atoms with E-state index in [1.807, 2.05) is 0 Å². The molecule has 6 heteroatoms. The van der Waals surface area contributed by atoms with Crippen LogP contribution in [0.25, 0.3) is 0 Å². The van der Waals surface area contributed by atoms with Crippen LogP contribution in [-0.2, 0) is 0 Å². The van der Waals surface area contributed by atoms with Crippen molar-refractivity contribution in [2.75, 3.05) is 23.7 Å². The van der Waals surface area contributed by atoms with Crippen LogP contribution in [-0.4, -0.2) is 30.6 Å². The Bertz CT molecular complexity index is 410. The summed E-state index contributed by atoms with van der Waals surface area (Å²) in [6, 6.07) is 4.07. The lowest BCUT2D eigenvalue weighted by molar-refractivity contribution is 0.0697. The number of benzene rings is 1. The minimum absolute atomic E-state index is 0.0411. The van der Waals surface area contributed by atoms with E-state index < -0.39 is 18.9 Å². The number of anilines is 2. The molecule has 0 fully saturated rings. The Morgan fingerprint density at radius 2 is 2.18 bits per heavy atom. The number of aromatic carboxylic acids is 1. The highest BCUT2D eigenvalue weighted by molar-refractivity contribution is 5.90. The maximum atomic E-state index is 12.3. The molecule has 1 rings (SSSR count). The lowest BCUT2D eigenvalue weighted by Crippen LogP contribution is -2.29. The monoisotopic (exact) mass is 244 g/mol. The standard InChI is InChI=1S/C11H14F2N2O2/c1-2-15(6-10(12)13)9-4-3-7(11(16)17)5-8(9)14/h3-5,10H,2,6,14H2,1H3,(H,16,17). The fraction of sp³-hybridized carbons (Fsp3) is 0.364. The van der Waals surface area contributed by atoms with Gasteiger partial charge in [0.05, 0.1) is 23.5 Å². The van der Waals surface area contributed by atoms with Crippen molar-refractivity contribution in [3.8, 4) is 0 Å². The predicted molar refractivity (Wildman–Crippen MR) is 61.7 cm³/mol. The smallest absolute Gasteiger partial charge is 0.335 e. The van der Waals surface area contributed by atoms with Crippen LogP contribution in [0.2, 0.25) is 0 Å². The number of nitrogen functional groups attached to an aromatic ring is 1. The maximum absolute atomic E-state index is 12.3. The second kappa shape index (κ2) is 5.47. The molecule has 3 N–H and O–H groups in total. The van der Waals surface area contributed by atoms with Crippen molar-refractivity contribution in [2.24, 2.45) is 0 Å². The minimum Gasteiger partial charge on any atom is -0.478 e. The summed E-state index contributed by atoms with van der Waals surface area (Å²) in [6.45, 7) is 1.68. The molecule has 1 aromatic rings. The zero-order valence-electron chi connectivity index (χ0n) is 9.36. The first-order valence-corrected chi connectivity index (χ1v) is 5.11. The molecule has 0 radical (unpaired) electrons. The van der Waals surface area contributed by atoms with Gasteiger partial charge in [0.25, 0.3) is 6.43 Å². The summed E-state index contributed by atoms with van der Waals surface area (Å²) in [5.74, 6) is -1.10. The number of hydrogen-bond donors (Lipinski definition) is 2. The average Bonchev–Trinajstić information content (AvgIpc) is 2.25. The Labute approximate surface area is 97.6 Å². The van der Waals surface area contributed by atoms with Crippen molar-refractivity contribution in [3.05, 3.63) is 23.8 Å². The predicted octanol–water partition coefficient (Wildman–Crippen LogP) is 2.06. The van der Waals surface area contributed by atoms with E-state index in [4.69, 9.17) is 10.8 Å². The summed E-state index contributed by atoms with van der Waals surface area (Å²) < 4.78 is 24.6. The van der Waals surface area contributed by atoms with Gasteiger partial charge in [-0.3, -0.25) is 0 Å². The number of hydrogen-bond acceptors (Lipinski definition) is 3. The largest absolute Gasteiger partial charge is 0.478 e. The normalized spacial score (nSPS) is 10.6. The van der Waals surface area contributed by atoms with E-state index in [9.17, 15) is 13.6 Å². The second-order valence-electron chi connectivity index (χ2n) is 3.51. The van der Waals surface area contributed by atoms with Gasteiger partial charge in [0, 0.05) is 6.54 Å². The van der Waals surface area contributed by atoms with Crippen LogP contribution in [0.3, 0.4) is 0 Å². The third-order valence-electron chi connectivity index (χ3n) is 2.36. The SMILES string of the molecule is CCN(CC(F)F)c1ccc(C(=O)O)cc1N. The number of nitrogens with zero attached hydrogens (tertiary/aromatic N) is 1. The van der Waals surface area contributed by atoms with Crippen LogP contribution in [0.5, 0.6) is 0 Å². The Balaban J connectivity index is 3.00. The average molecular weight is 244 g/mol. The molecule has 0 unspecified atom stereocenters. The number of alkyl halides is 2. The Morgan fingerprint density at radius 3 is 2.59 bits per heavy atom. The maximum Gasteiger partial charge on any atom is 0.335 e. The Morgan fingerprint density at radius 1 is 1.53 bits per heavy atom. The Hall–Kier alpha value is -1.85. The van der Waals surface area contributed by atoms with Gasteiger partial charge in [-0.2, -0.15) is 0 Å². The summed E-state index contributed by atoms with van der Waals surface area (Å²) in [6.07, 6.45) is -2.46. The molecule has 0 spiro atoms. The van der Waals surface area contributed by atoms with Gasteiger partial charge in [0.1, 0.15) is 0 Å². The number of carboxylic acid groups (broad SMARTS) is 1. The topological polar surface area (TPSA) is 66.6 Å².